The van der Waals surface area contributed by atoms with E-state index in [2.05, 4.69) is 31.1 Å². The number of hydrogen-bond donors (Lipinski definition) is 1. The number of ketones is 1. The molecule has 8 nitrogen and oxygen atoms in total. The molecule has 0 saturated heterocycles. The molecule has 0 aliphatic heterocycles. The van der Waals surface area contributed by atoms with Crippen molar-refractivity contribution in [1.29, 1.82) is 0 Å². The van der Waals surface area contributed by atoms with Crippen molar-refractivity contribution in [1.82, 2.24) is 0 Å². The van der Waals surface area contributed by atoms with Crippen molar-refractivity contribution in [3.63, 3.8) is 0 Å². The van der Waals surface area contributed by atoms with Crippen LogP contribution in [0.15, 0.2) is 48.6 Å². The lowest BCUT2D eigenvalue weighted by Crippen LogP contribution is -2.25. The Bertz CT molecular complexity index is 706. The normalized spacial score (nSPS) is 10.7. The predicted molar refractivity (Wildman–Crippen MR) is 135 cm³/mol. The van der Waals surface area contributed by atoms with Crippen LogP contribution in [0.25, 0.3) is 0 Å². The van der Waals surface area contributed by atoms with Gasteiger partial charge in [-0.2, -0.15) is 0 Å². The Labute approximate surface area is 205 Å². The van der Waals surface area contributed by atoms with Gasteiger partial charge in [-0.15, -0.1) is 0 Å². The van der Waals surface area contributed by atoms with Gasteiger partial charge in [0.05, 0.1) is 6.10 Å². The van der Waals surface area contributed by atoms with E-state index in [1.54, 1.807) is 27.7 Å². The second-order valence-electron chi connectivity index (χ2n) is 7.37. The third kappa shape index (κ3) is 23.7. The largest absolute Gasteiger partial charge is 0.460 e. The van der Waals surface area contributed by atoms with Gasteiger partial charge in [0.1, 0.15) is 19.3 Å². The van der Waals surface area contributed by atoms with Crippen molar-refractivity contribution in [3.8, 4) is 0 Å². The fourth-order valence-electron chi connectivity index (χ4n) is 1.19. The average Bonchev–Trinajstić information content (AvgIpc) is 2.74. The quantitative estimate of drug-likeness (QED) is 0.255. The Morgan fingerprint density at radius 1 is 0.676 bits per heavy atom. The monoisotopic (exact) mass is 484 g/mol. The maximum atomic E-state index is 11.2. The molecular formula is C26H44O8. The third-order valence-corrected chi connectivity index (χ3v) is 3.65. The Balaban J connectivity index is -0.000000217. The molecule has 0 aliphatic carbocycles. The zero-order valence-corrected chi connectivity index (χ0v) is 21.1. The number of rotatable bonds is 11. The van der Waals surface area contributed by atoms with Gasteiger partial charge in [-0.1, -0.05) is 47.6 Å². The number of carbonyl (C=O) groups excluding carboxylic acids is 4. The number of esters is 3. The summed E-state index contributed by atoms with van der Waals surface area (Å²) in [5, 5.41) is 8.98. The van der Waals surface area contributed by atoms with Gasteiger partial charge in [0, 0.05) is 16.7 Å². The summed E-state index contributed by atoms with van der Waals surface area (Å²) in [5.74, 6) is -1.34. The number of Topliss-reactive ketones (excluding diaryl/α,β-unsaturated/α-hetero) is 1. The number of allylic oxidation sites excluding steroid dienone is 1. The molecule has 0 radical (unpaired) electrons. The fraction of sp³-hybridized carbons (Fsp3) is 0.538. The van der Waals surface area contributed by atoms with Crippen LogP contribution in [0, 0.1) is 0 Å². The van der Waals surface area contributed by atoms with Crippen LogP contribution in [0.3, 0.4) is 0 Å². The van der Waals surface area contributed by atoms with Gasteiger partial charge in [0.2, 0.25) is 0 Å². The van der Waals surface area contributed by atoms with E-state index in [9.17, 15) is 19.2 Å². The molecule has 0 spiro atoms. The molecule has 0 amide bonds. The molecule has 0 saturated carbocycles. The first-order valence-corrected chi connectivity index (χ1v) is 10.5. The van der Waals surface area contributed by atoms with E-state index in [-0.39, 0.29) is 26.4 Å². The molecule has 2 unspecified atom stereocenters. The van der Waals surface area contributed by atoms with Crippen LogP contribution >= 0.6 is 0 Å². The van der Waals surface area contributed by atoms with Gasteiger partial charge >= 0.3 is 17.9 Å². The lowest BCUT2D eigenvalue weighted by molar-refractivity contribution is -0.154. The zero-order chi connectivity index (χ0) is 26.7. The third-order valence-electron chi connectivity index (χ3n) is 3.65. The number of aliphatic hydroxyl groups excluding tert-OH is 1. The zero-order valence-electron chi connectivity index (χ0n) is 21.1. The van der Waals surface area contributed by atoms with Crippen molar-refractivity contribution in [3.05, 3.63) is 48.6 Å². The molecule has 2 atom stereocenters. The molecule has 1 N–H and O–H groups in total. The fourth-order valence-corrected chi connectivity index (χ4v) is 1.19. The maximum absolute atomic E-state index is 11.2. The molecular weight excluding hydrogens is 440 g/mol. The van der Waals surface area contributed by atoms with Crippen LogP contribution in [0.1, 0.15) is 68.7 Å². The van der Waals surface area contributed by atoms with Crippen LogP contribution in [-0.4, -0.2) is 54.2 Å². The van der Waals surface area contributed by atoms with Gasteiger partial charge in [-0.25, -0.2) is 14.4 Å². The van der Waals surface area contributed by atoms with Crippen LogP contribution in [0.2, 0.25) is 0 Å². The lowest BCUT2D eigenvalue weighted by atomic mass is 10.3. The van der Waals surface area contributed by atoms with Gasteiger partial charge in [-0.05, 0) is 53.0 Å². The number of aliphatic hydroxyl groups is 1. The number of ether oxygens (including phenoxy) is 3. The molecule has 34 heavy (non-hydrogen) atoms. The summed E-state index contributed by atoms with van der Waals surface area (Å²) >= 11 is 0. The van der Waals surface area contributed by atoms with E-state index >= 15 is 0 Å². The Morgan fingerprint density at radius 2 is 1.03 bits per heavy atom. The Morgan fingerprint density at radius 3 is 1.29 bits per heavy atom. The van der Waals surface area contributed by atoms with E-state index < -0.39 is 30.1 Å². The van der Waals surface area contributed by atoms with E-state index in [1.807, 2.05) is 13.8 Å². The highest BCUT2D eigenvalue weighted by molar-refractivity contribution is 5.91. The molecule has 0 bridgehead atoms. The predicted octanol–water partition coefficient (Wildman–Crippen LogP) is 4.67. The summed E-state index contributed by atoms with van der Waals surface area (Å²) in [5.41, 5.74) is 1.62. The summed E-state index contributed by atoms with van der Waals surface area (Å²) in [4.78, 5) is 43.1. The molecule has 0 aromatic heterocycles. The van der Waals surface area contributed by atoms with Crippen LogP contribution in [0.4, 0.5) is 0 Å². The molecule has 0 rings (SSSR count). The second-order valence-corrected chi connectivity index (χ2v) is 7.37. The van der Waals surface area contributed by atoms with Crippen molar-refractivity contribution in [2.45, 2.75) is 80.9 Å². The minimum atomic E-state index is -0.557. The van der Waals surface area contributed by atoms with Gasteiger partial charge in [0.15, 0.2) is 5.78 Å². The lowest BCUT2D eigenvalue weighted by Gasteiger charge is -2.16. The van der Waals surface area contributed by atoms with Crippen LogP contribution in [0.5, 0.6) is 0 Å². The smallest absolute Gasteiger partial charge is 0.333 e. The van der Waals surface area contributed by atoms with E-state index in [0.29, 0.717) is 35.1 Å². The highest BCUT2D eigenvalue weighted by Gasteiger charge is 2.15. The molecule has 0 aromatic rings. The summed E-state index contributed by atoms with van der Waals surface area (Å²) in [6, 6.07) is 0. The van der Waals surface area contributed by atoms with Crippen molar-refractivity contribution < 1.29 is 38.5 Å². The van der Waals surface area contributed by atoms with Crippen molar-refractivity contribution in [2.24, 2.45) is 0 Å². The molecule has 0 fully saturated rings. The number of hydrogen-bond acceptors (Lipinski definition) is 8. The highest BCUT2D eigenvalue weighted by atomic mass is 16.6. The SMILES string of the molecule is C.C=C(C)C(=O)OCC(CC)OC(=O)C(=C)C.C=C(C)C(=O)OCC(O)CC.C=C(C)C(C)=O. The standard InChI is InChI=1S/C12H18O4.C8H14O3.C5H8O.CH4/c1-6-10(16-12(14)9(4)5)7-15-11(13)8(2)3;1-4-7(9)5-11-8(10)6(2)3;1-4(2)5(3)6;/h10H,2,4,6-7H2,1,3,5H3;7,9H,2,4-5H2,1,3H3;1H2,2-3H3;1H4. The Kier molecular flexibility index (Phi) is 24.6. The first kappa shape index (κ1) is 38.3. The maximum Gasteiger partial charge on any atom is 0.333 e. The van der Waals surface area contributed by atoms with Crippen LogP contribution in [-0.2, 0) is 33.4 Å². The van der Waals surface area contributed by atoms with E-state index in [1.165, 1.54) is 6.92 Å². The van der Waals surface area contributed by atoms with Crippen molar-refractivity contribution >= 4 is 23.7 Å². The summed E-state index contributed by atoms with van der Waals surface area (Å²) in [6.45, 7) is 25.4. The molecule has 0 heterocycles. The molecule has 0 aliphatic rings. The van der Waals surface area contributed by atoms with Gasteiger partial charge in [0.25, 0.3) is 0 Å². The minimum Gasteiger partial charge on any atom is -0.460 e. The van der Waals surface area contributed by atoms with Gasteiger partial charge in [-0.3, -0.25) is 4.79 Å². The molecule has 196 valence electrons. The minimum absolute atomic E-state index is 0. The Hall–Kier alpha value is -3.00. The van der Waals surface area contributed by atoms with E-state index in [0.717, 1.165) is 0 Å². The molecule has 0 aromatic carbocycles. The van der Waals surface area contributed by atoms with Crippen LogP contribution < -0.4 is 0 Å². The molecule has 8 heteroatoms. The van der Waals surface area contributed by atoms with Gasteiger partial charge < -0.3 is 19.3 Å². The average molecular weight is 485 g/mol. The second kappa shape index (κ2) is 21.8. The summed E-state index contributed by atoms with van der Waals surface area (Å²) < 4.78 is 14.6. The summed E-state index contributed by atoms with van der Waals surface area (Å²) in [7, 11) is 0. The van der Waals surface area contributed by atoms with Crippen molar-refractivity contribution in [2.75, 3.05) is 13.2 Å². The topological polar surface area (TPSA) is 116 Å². The highest BCUT2D eigenvalue weighted by Crippen LogP contribution is 2.05. The summed E-state index contributed by atoms with van der Waals surface area (Å²) in [6.07, 6.45) is 0.164. The first-order valence-electron chi connectivity index (χ1n) is 10.5. The van der Waals surface area contributed by atoms with E-state index in [4.69, 9.17) is 14.6 Å². The number of carbonyl (C=O) groups is 4. The first-order chi connectivity index (χ1) is 15.1.